The van der Waals surface area contributed by atoms with Crippen molar-refractivity contribution in [1.29, 1.82) is 0 Å². The second-order valence-electron chi connectivity index (χ2n) is 9.03. The van der Waals surface area contributed by atoms with Gasteiger partial charge in [0.15, 0.2) is 0 Å². The lowest BCUT2D eigenvalue weighted by Crippen LogP contribution is -2.70. The summed E-state index contributed by atoms with van der Waals surface area (Å²) in [5.74, 6) is 0.601. The molecule has 3 amide bonds. The number of carbonyl (C=O) groups is 2. The molecular weight excluding hydrogens is 394 g/mol. The zero-order valence-corrected chi connectivity index (χ0v) is 18.5. The molecule has 1 aliphatic carbocycles. The fourth-order valence-electron chi connectivity index (χ4n) is 5.51. The van der Waals surface area contributed by atoms with E-state index in [0.29, 0.717) is 38.6 Å². The van der Waals surface area contributed by atoms with E-state index in [1.165, 1.54) is 5.56 Å². The molecule has 1 aromatic carbocycles. The fourth-order valence-corrected chi connectivity index (χ4v) is 5.51. The molecule has 2 saturated heterocycles. The van der Waals surface area contributed by atoms with Crippen molar-refractivity contribution in [2.45, 2.75) is 75.5 Å². The van der Waals surface area contributed by atoms with Crippen molar-refractivity contribution >= 4 is 12.1 Å². The largest absolute Gasteiger partial charge is 0.449 e. The number of nitrogens with zero attached hydrogens (tertiary/aromatic N) is 1. The maximum Gasteiger partial charge on any atom is 0.407 e. The van der Waals surface area contributed by atoms with Crippen LogP contribution in [0.2, 0.25) is 0 Å². The molecule has 0 bridgehead atoms. The summed E-state index contributed by atoms with van der Waals surface area (Å²) in [6.45, 7) is 4.00. The molecular formula is C24H35N3O4. The van der Waals surface area contributed by atoms with Crippen LogP contribution in [0.3, 0.4) is 0 Å². The first-order valence-corrected chi connectivity index (χ1v) is 11.8. The first-order chi connectivity index (χ1) is 15.1. The third kappa shape index (κ3) is 4.97. The number of ether oxygens (including phenoxy) is 2. The third-order valence-corrected chi connectivity index (χ3v) is 7.19. The summed E-state index contributed by atoms with van der Waals surface area (Å²) in [4.78, 5) is 26.7. The van der Waals surface area contributed by atoms with E-state index in [4.69, 9.17) is 9.47 Å². The number of urea groups is 1. The molecule has 2 N–H and O–H groups in total. The van der Waals surface area contributed by atoms with Crippen LogP contribution in [-0.2, 0) is 9.47 Å². The number of hydrogen-bond donors (Lipinski definition) is 2. The fraction of sp³-hybridized carbons (Fsp3) is 0.667. The van der Waals surface area contributed by atoms with Crippen LogP contribution in [0.1, 0.15) is 63.4 Å². The van der Waals surface area contributed by atoms with Gasteiger partial charge in [-0.3, -0.25) is 0 Å². The summed E-state index contributed by atoms with van der Waals surface area (Å²) in [6.07, 6.45) is 6.49. The number of cyclic esters (lactones) is 1. The van der Waals surface area contributed by atoms with Crippen LogP contribution in [0.25, 0.3) is 0 Å². The van der Waals surface area contributed by atoms with Gasteiger partial charge < -0.3 is 25.0 Å². The number of nitrogens with one attached hydrogen (secondary N) is 2. The van der Waals surface area contributed by atoms with Crippen molar-refractivity contribution in [2.24, 2.45) is 0 Å². The van der Waals surface area contributed by atoms with Gasteiger partial charge in [0, 0.05) is 19.5 Å². The molecule has 2 atom stereocenters. The monoisotopic (exact) mass is 429 g/mol. The Hall–Kier alpha value is -2.28. The van der Waals surface area contributed by atoms with Crippen molar-refractivity contribution in [3.63, 3.8) is 0 Å². The van der Waals surface area contributed by atoms with Gasteiger partial charge >= 0.3 is 12.1 Å². The molecule has 4 rings (SSSR count). The van der Waals surface area contributed by atoms with Crippen molar-refractivity contribution in [1.82, 2.24) is 15.5 Å². The van der Waals surface area contributed by atoms with Crippen LogP contribution in [0.4, 0.5) is 9.59 Å². The molecule has 3 fully saturated rings. The van der Waals surface area contributed by atoms with Crippen LogP contribution in [0.5, 0.6) is 0 Å². The second-order valence-corrected chi connectivity index (χ2v) is 9.03. The Bertz CT molecular complexity index is 746. The van der Waals surface area contributed by atoms with Gasteiger partial charge in [0.1, 0.15) is 0 Å². The van der Waals surface area contributed by atoms with E-state index in [-0.39, 0.29) is 18.2 Å². The number of alkyl carbamates (subject to hydrolysis) is 1. The topological polar surface area (TPSA) is 79.9 Å². The van der Waals surface area contributed by atoms with E-state index >= 15 is 0 Å². The van der Waals surface area contributed by atoms with Crippen LogP contribution >= 0.6 is 0 Å². The average Bonchev–Trinajstić information content (AvgIpc) is 2.79. The number of likely N-dealkylation sites (tertiary alicyclic amines) is 1. The highest BCUT2D eigenvalue weighted by Gasteiger charge is 2.49. The SMILES string of the molecule is CCNC(=O)N1CCCC2(CCOC(=O)N2)C1COC1CCC(c2ccccc2)CC1. The van der Waals surface area contributed by atoms with Gasteiger partial charge in [-0.2, -0.15) is 0 Å². The Morgan fingerprint density at radius 1 is 1.23 bits per heavy atom. The smallest absolute Gasteiger partial charge is 0.407 e. The van der Waals surface area contributed by atoms with Crippen LogP contribution in [0, 0.1) is 0 Å². The first kappa shape index (κ1) is 21.9. The van der Waals surface area contributed by atoms with Gasteiger partial charge in [0.25, 0.3) is 0 Å². The molecule has 2 unspecified atom stereocenters. The molecule has 7 heteroatoms. The quantitative estimate of drug-likeness (QED) is 0.746. The highest BCUT2D eigenvalue weighted by molar-refractivity contribution is 5.75. The Morgan fingerprint density at radius 2 is 2.00 bits per heavy atom. The lowest BCUT2D eigenvalue weighted by atomic mass is 9.78. The Labute approximate surface area is 184 Å². The molecule has 1 spiro atoms. The van der Waals surface area contributed by atoms with E-state index in [1.54, 1.807) is 0 Å². The molecule has 1 saturated carbocycles. The van der Waals surface area contributed by atoms with E-state index in [2.05, 4.69) is 41.0 Å². The minimum Gasteiger partial charge on any atom is -0.449 e. The second kappa shape index (κ2) is 9.90. The van der Waals surface area contributed by atoms with Crippen LogP contribution in [0.15, 0.2) is 30.3 Å². The zero-order valence-electron chi connectivity index (χ0n) is 18.5. The summed E-state index contributed by atoms with van der Waals surface area (Å²) >= 11 is 0. The van der Waals surface area contributed by atoms with Crippen molar-refractivity contribution < 1.29 is 19.1 Å². The third-order valence-electron chi connectivity index (χ3n) is 7.19. The molecule has 1 aromatic rings. The summed E-state index contributed by atoms with van der Waals surface area (Å²) in [5, 5.41) is 5.99. The zero-order chi connectivity index (χ0) is 21.7. The highest BCUT2D eigenvalue weighted by atomic mass is 16.6. The number of rotatable bonds is 5. The highest BCUT2D eigenvalue weighted by Crippen LogP contribution is 2.36. The lowest BCUT2D eigenvalue weighted by Gasteiger charge is -2.51. The normalized spacial score (nSPS) is 31.1. The first-order valence-electron chi connectivity index (χ1n) is 11.8. The summed E-state index contributed by atoms with van der Waals surface area (Å²) in [6, 6.07) is 10.5. The molecule has 0 aromatic heterocycles. The average molecular weight is 430 g/mol. The van der Waals surface area contributed by atoms with Crippen molar-refractivity contribution in [3.8, 4) is 0 Å². The standard InChI is InChI=1S/C24H35N3O4/c1-2-25-22(28)27-15-6-13-24(14-16-30-23(29)26-24)21(27)17-31-20-11-9-19(10-12-20)18-7-4-3-5-8-18/h3-5,7-8,19-21H,2,6,9-17H2,1H3,(H,25,28)(H,26,29). The predicted octanol–water partition coefficient (Wildman–Crippen LogP) is 3.79. The minimum atomic E-state index is -0.472. The Morgan fingerprint density at radius 3 is 2.71 bits per heavy atom. The Balaban J connectivity index is 1.40. The van der Waals surface area contributed by atoms with Gasteiger partial charge in [-0.25, -0.2) is 9.59 Å². The molecule has 7 nitrogen and oxygen atoms in total. The van der Waals surface area contributed by atoms with Gasteiger partial charge in [-0.05, 0) is 56.9 Å². The van der Waals surface area contributed by atoms with Gasteiger partial charge in [0.2, 0.25) is 0 Å². The van der Waals surface area contributed by atoms with E-state index in [9.17, 15) is 9.59 Å². The molecule has 2 heterocycles. The van der Waals surface area contributed by atoms with E-state index in [1.807, 2.05) is 11.8 Å². The summed E-state index contributed by atoms with van der Waals surface area (Å²) in [5.41, 5.74) is 0.944. The van der Waals surface area contributed by atoms with Gasteiger partial charge in [0.05, 0.1) is 30.9 Å². The maximum atomic E-state index is 12.8. The molecule has 0 radical (unpaired) electrons. The van der Waals surface area contributed by atoms with Crippen molar-refractivity contribution in [3.05, 3.63) is 35.9 Å². The minimum absolute atomic E-state index is 0.0799. The number of hydrogen-bond acceptors (Lipinski definition) is 4. The number of benzene rings is 1. The predicted molar refractivity (Wildman–Crippen MR) is 118 cm³/mol. The maximum absolute atomic E-state index is 12.8. The van der Waals surface area contributed by atoms with E-state index < -0.39 is 11.6 Å². The van der Waals surface area contributed by atoms with Gasteiger partial charge in [-0.1, -0.05) is 30.3 Å². The number of carbonyl (C=O) groups excluding carboxylic acids is 2. The molecule has 170 valence electrons. The lowest BCUT2D eigenvalue weighted by molar-refractivity contribution is -0.0525. The van der Waals surface area contributed by atoms with Crippen molar-refractivity contribution in [2.75, 3.05) is 26.3 Å². The van der Waals surface area contributed by atoms with Gasteiger partial charge in [-0.15, -0.1) is 0 Å². The Kier molecular flexibility index (Phi) is 7.00. The van der Waals surface area contributed by atoms with Crippen LogP contribution in [-0.4, -0.2) is 61.0 Å². The molecule has 3 aliphatic rings. The summed E-state index contributed by atoms with van der Waals surface area (Å²) < 4.78 is 11.5. The van der Waals surface area contributed by atoms with E-state index in [0.717, 1.165) is 38.5 Å². The summed E-state index contributed by atoms with van der Waals surface area (Å²) in [7, 11) is 0. The molecule has 31 heavy (non-hydrogen) atoms. The number of amides is 3. The number of piperidine rings is 1. The molecule has 2 aliphatic heterocycles. The van der Waals surface area contributed by atoms with Crippen LogP contribution < -0.4 is 10.6 Å².